The van der Waals surface area contributed by atoms with E-state index >= 15 is 0 Å². The van der Waals surface area contributed by atoms with Gasteiger partial charge in [0, 0.05) is 44.6 Å². The molecule has 2 amide bonds. The van der Waals surface area contributed by atoms with Crippen molar-refractivity contribution < 1.29 is 9.59 Å². The average molecular weight is 409 g/mol. The van der Waals surface area contributed by atoms with Gasteiger partial charge in [0.1, 0.15) is 0 Å². The molecule has 1 fully saturated rings. The molecule has 1 saturated heterocycles. The highest BCUT2D eigenvalue weighted by Gasteiger charge is 2.28. The molecule has 30 heavy (non-hydrogen) atoms. The lowest BCUT2D eigenvalue weighted by Crippen LogP contribution is -2.55. The fraction of sp³-hybridized carbons (Fsp3) is 0.417. The van der Waals surface area contributed by atoms with Crippen LogP contribution in [0.15, 0.2) is 48.5 Å². The lowest BCUT2D eigenvalue weighted by atomic mass is 10.1. The first-order chi connectivity index (χ1) is 14.4. The van der Waals surface area contributed by atoms with E-state index in [1.807, 2.05) is 76.3 Å². The van der Waals surface area contributed by atoms with Crippen LogP contribution in [0.4, 0.5) is 11.4 Å². The fourth-order valence-electron chi connectivity index (χ4n) is 3.92. The van der Waals surface area contributed by atoms with E-state index in [0.29, 0.717) is 6.54 Å². The molecule has 1 heterocycles. The maximum Gasteiger partial charge on any atom is 0.243 e. The Balaban J connectivity index is 1.49. The van der Waals surface area contributed by atoms with E-state index in [1.54, 1.807) is 4.90 Å². The van der Waals surface area contributed by atoms with Crippen molar-refractivity contribution in [3.63, 3.8) is 0 Å². The Kier molecular flexibility index (Phi) is 7.24. The van der Waals surface area contributed by atoms with Gasteiger partial charge in [-0.25, -0.2) is 0 Å². The number of aryl methyl sites for hydroxylation is 2. The predicted molar refractivity (Wildman–Crippen MR) is 122 cm³/mol. The summed E-state index contributed by atoms with van der Waals surface area (Å²) in [6.45, 7) is 9.43. The summed E-state index contributed by atoms with van der Waals surface area (Å²) < 4.78 is 0. The molecule has 3 rings (SSSR count). The summed E-state index contributed by atoms with van der Waals surface area (Å²) in [5, 5.41) is 3.06. The molecule has 1 aliphatic rings. The van der Waals surface area contributed by atoms with E-state index in [4.69, 9.17) is 0 Å². The maximum atomic E-state index is 12.9. The Morgan fingerprint density at radius 2 is 1.57 bits per heavy atom. The molecular formula is C24H32N4O2. The van der Waals surface area contributed by atoms with E-state index in [0.717, 1.165) is 48.7 Å². The summed E-state index contributed by atoms with van der Waals surface area (Å²) in [5.74, 6) is 0.0937. The van der Waals surface area contributed by atoms with Gasteiger partial charge in [0.25, 0.3) is 0 Å². The lowest BCUT2D eigenvalue weighted by molar-refractivity contribution is -0.124. The van der Waals surface area contributed by atoms with Crippen molar-refractivity contribution in [2.75, 3.05) is 50.0 Å². The number of benzene rings is 2. The van der Waals surface area contributed by atoms with Crippen molar-refractivity contribution in [2.24, 2.45) is 0 Å². The van der Waals surface area contributed by atoms with Gasteiger partial charge in [0.2, 0.25) is 11.8 Å². The number of hydrogen-bond acceptors (Lipinski definition) is 4. The van der Waals surface area contributed by atoms with Crippen molar-refractivity contribution >= 4 is 23.2 Å². The number of rotatable bonds is 6. The molecule has 2 aromatic rings. The van der Waals surface area contributed by atoms with Crippen LogP contribution in [-0.2, 0) is 9.59 Å². The molecule has 0 aliphatic carbocycles. The Labute approximate surface area is 179 Å². The molecule has 1 aliphatic heterocycles. The van der Waals surface area contributed by atoms with Crippen LogP contribution in [0, 0.1) is 13.8 Å². The van der Waals surface area contributed by atoms with E-state index in [1.165, 1.54) is 0 Å². The number of piperazine rings is 1. The Hall–Kier alpha value is -2.70. The number of hydrogen-bond donors (Lipinski definition) is 1. The van der Waals surface area contributed by atoms with Gasteiger partial charge in [-0.15, -0.1) is 0 Å². The minimum absolute atomic E-state index is 0.00813. The van der Waals surface area contributed by atoms with Crippen LogP contribution in [0.3, 0.4) is 0 Å². The van der Waals surface area contributed by atoms with Crippen molar-refractivity contribution in [3.05, 3.63) is 59.7 Å². The molecule has 6 heteroatoms. The van der Waals surface area contributed by atoms with Gasteiger partial charge in [-0.05, 0) is 44.0 Å². The van der Waals surface area contributed by atoms with Gasteiger partial charge in [0.15, 0.2) is 0 Å². The summed E-state index contributed by atoms with van der Waals surface area (Å²) in [7, 11) is 1.82. The molecule has 160 valence electrons. The normalized spacial score (nSPS) is 16.1. The maximum absolute atomic E-state index is 12.9. The molecule has 0 bridgehead atoms. The molecule has 1 N–H and O–H groups in total. The van der Waals surface area contributed by atoms with Crippen molar-refractivity contribution in [2.45, 2.75) is 26.8 Å². The van der Waals surface area contributed by atoms with Crippen molar-refractivity contribution in [3.8, 4) is 0 Å². The molecule has 1 atom stereocenters. The summed E-state index contributed by atoms with van der Waals surface area (Å²) in [5.41, 5.74) is 3.95. The second kappa shape index (κ2) is 9.87. The number of para-hydroxylation sites is 2. The minimum Gasteiger partial charge on any atom is -0.324 e. The molecule has 0 radical (unpaired) electrons. The van der Waals surface area contributed by atoms with Crippen LogP contribution >= 0.6 is 0 Å². The summed E-state index contributed by atoms with van der Waals surface area (Å²) in [4.78, 5) is 31.5. The zero-order chi connectivity index (χ0) is 21.7. The van der Waals surface area contributed by atoms with Crippen LogP contribution in [0.1, 0.15) is 18.1 Å². The molecule has 6 nitrogen and oxygen atoms in total. The van der Waals surface area contributed by atoms with E-state index in [-0.39, 0.29) is 17.9 Å². The topological polar surface area (TPSA) is 55.9 Å². The number of nitrogens with zero attached hydrogens (tertiary/aromatic N) is 3. The van der Waals surface area contributed by atoms with Gasteiger partial charge < -0.3 is 10.2 Å². The van der Waals surface area contributed by atoms with Crippen LogP contribution in [-0.4, -0.2) is 67.4 Å². The second-order valence-electron chi connectivity index (χ2n) is 8.04. The zero-order valence-electron chi connectivity index (χ0n) is 18.4. The summed E-state index contributed by atoms with van der Waals surface area (Å²) >= 11 is 0. The third-order valence-corrected chi connectivity index (χ3v) is 5.90. The van der Waals surface area contributed by atoms with Gasteiger partial charge in [-0.2, -0.15) is 0 Å². The number of carbonyl (C=O) groups is 2. The number of likely N-dealkylation sites (N-methyl/N-ethyl adjacent to an activating group) is 1. The van der Waals surface area contributed by atoms with Crippen molar-refractivity contribution in [1.82, 2.24) is 9.80 Å². The summed E-state index contributed by atoms with van der Waals surface area (Å²) in [6, 6.07) is 15.5. The highest BCUT2D eigenvalue weighted by molar-refractivity contribution is 5.96. The molecule has 0 saturated carbocycles. The standard InChI is InChI=1S/C24H32N4O2/c1-18-9-8-10-19(2)23(18)25-22(29)17-27-13-15-28(16-14-27)20(3)24(30)26(4)21-11-6-5-7-12-21/h5-12,20H,13-17H2,1-4H3,(H,25,29)/t20-/m1/s1. The first kappa shape index (κ1) is 22.0. The summed E-state index contributed by atoms with van der Waals surface area (Å²) in [6.07, 6.45) is 0. The van der Waals surface area contributed by atoms with Gasteiger partial charge in [-0.3, -0.25) is 19.4 Å². The van der Waals surface area contributed by atoms with Gasteiger partial charge in [0.05, 0.1) is 12.6 Å². The monoisotopic (exact) mass is 408 g/mol. The van der Waals surface area contributed by atoms with Crippen LogP contribution in [0.2, 0.25) is 0 Å². The van der Waals surface area contributed by atoms with E-state index in [9.17, 15) is 9.59 Å². The lowest BCUT2D eigenvalue weighted by Gasteiger charge is -2.38. The first-order valence-corrected chi connectivity index (χ1v) is 10.5. The molecule has 0 spiro atoms. The Bertz CT molecular complexity index is 856. The number of amides is 2. The smallest absolute Gasteiger partial charge is 0.243 e. The fourth-order valence-corrected chi connectivity index (χ4v) is 3.92. The van der Waals surface area contributed by atoms with Crippen LogP contribution in [0.25, 0.3) is 0 Å². The molecular weight excluding hydrogens is 376 g/mol. The molecule has 0 aromatic heterocycles. The third kappa shape index (κ3) is 5.26. The predicted octanol–water partition coefficient (Wildman–Crippen LogP) is 2.91. The third-order valence-electron chi connectivity index (χ3n) is 5.90. The second-order valence-corrected chi connectivity index (χ2v) is 8.04. The number of carbonyl (C=O) groups excluding carboxylic acids is 2. The van der Waals surface area contributed by atoms with Gasteiger partial charge in [-0.1, -0.05) is 36.4 Å². The van der Waals surface area contributed by atoms with E-state index in [2.05, 4.69) is 15.1 Å². The highest BCUT2D eigenvalue weighted by Crippen LogP contribution is 2.19. The highest BCUT2D eigenvalue weighted by atomic mass is 16.2. The first-order valence-electron chi connectivity index (χ1n) is 10.5. The zero-order valence-corrected chi connectivity index (χ0v) is 18.4. The minimum atomic E-state index is -0.194. The Morgan fingerprint density at radius 3 is 2.17 bits per heavy atom. The van der Waals surface area contributed by atoms with Crippen LogP contribution in [0.5, 0.6) is 0 Å². The van der Waals surface area contributed by atoms with Gasteiger partial charge >= 0.3 is 0 Å². The van der Waals surface area contributed by atoms with E-state index < -0.39 is 0 Å². The quantitative estimate of drug-likeness (QED) is 0.799. The largest absolute Gasteiger partial charge is 0.324 e. The Morgan fingerprint density at radius 1 is 0.967 bits per heavy atom. The number of anilines is 2. The SMILES string of the molecule is Cc1cccc(C)c1NC(=O)CN1CCN([C@H](C)C(=O)N(C)c2ccccc2)CC1. The molecule has 2 aromatic carbocycles. The number of nitrogens with one attached hydrogen (secondary N) is 1. The average Bonchev–Trinajstić information content (AvgIpc) is 2.76. The molecule has 0 unspecified atom stereocenters. The van der Waals surface area contributed by atoms with Crippen LogP contribution < -0.4 is 10.2 Å². The van der Waals surface area contributed by atoms with Crippen molar-refractivity contribution in [1.29, 1.82) is 0 Å².